The number of hydrogen-bond acceptors (Lipinski definition) is 3. The molecule has 1 rings (SSSR count). The first-order valence-electron chi connectivity index (χ1n) is 6.60. The van der Waals surface area contributed by atoms with Gasteiger partial charge in [0, 0.05) is 17.3 Å². The van der Waals surface area contributed by atoms with Gasteiger partial charge < -0.3 is 10.2 Å². The standard InChI is InChI=1S/C13H28N2S/c1-5-13(3)11-15(9-6-8-14-13)10-7-12(2)16-4/h12,14H,5-11H2,1-4H3. The summed E-state index contributed by atoms with van der Waals surface area (Å²) in [4.78, 5) is 2.65. The third-order valence-electron chi connectivity index (χ3n) is 3.81. The van der Waals surface area contributed by atoms with E-state index in [1.807, 2.05) is 11.8 Å². The second kappa shape index (κ2) is 6.87. The fourth-order valence-corrected chi connectivity index (χ4v) is 2.57. The van der Waals surface area contributed by atoms with Gasteiger partial charge >= 0.3 is 0 Å². The van der Waals surface area contributed by atoms with Gasteiger partial charge in [-0.15, -0.1) is 0 Å². The third kappa shape index (κ3) is 4.64. The number of rotatable bonds is 5. The molecular weight excluding hydrogens is 216 g/mol. The Hall–Kier alpha value is 0.270. The van der Waals surface area contributed by atoms with Crippen molar-refractivity contribution in [2.75, 3.05) is 32.4 Å². The van der Waals surface area contributed by atoms with Crippen molar-refractivity contribution in [3.63, 3.8) is 0 Å². The number of hydrogen-bond donors (Lipinski definition) is 1. The minimum atomic E-state index is 0.332. The summed E-state index contributed by atoms with van der Waals surface area (Å²) in [7, 11) is 0. The molecule has 0 aromatic carbocycles. The molecule has 0 aromatic heterocycles. The van der Waals surface area contributed by atoms with Crippen LogP contribution in [0.1, 0.15) is 40.0 Å². The van der Waals surface area contributed by atoms with Gasteiger partial charge in [-0.1, -0.05) is 13.8 Å². The van der Waals surface area contributed by atoms with Gasteiger partial charge in [-0.05, 0) is 52.1 Å². The highest BCUT2D eigenvalue weighted by Crippen LogP contribution is 2.17. The van der Waals surface area contributed by atoms with E-state index >= 15 is 0 Å². The highest BCUT2D eigenvalue weighted by Gasteiger charge is 2.26. The molecule has 16 heavy (non-hydrogen) atoms. The molecule has 96 valence electrons. The highest BCUT2D eigenvalue weighted by molar-refractivity contribution is 7.99. The second-order valence-electron chi connectivity index (χ2n) is 5.31. The first-order chi connectivity index (χ1) is 7.59. The maximum Gasteiger partial charge on any atom is 0.0277 e. The van der Waals surface area contributed by atoms with Gasteiger partial charge in [0.05, 0.1) is 0 Å². The van der Waals surface area contributed by atoms with Crippen molar-refractivity contribution in [1.29, 1.82) is 0 Å². The topological polar surface area (TPSA) is 15.3 Å². The van der Waals surface area contributed by atoms with Gasteiger partial charge in [0.15, 0.2) is 0 Å². The van der Waals surface area contributed by atoms with Gasteiger partial charge in [0.25, 0.3) is 0 Å². The van der Waals surface area contributed by atoms with E-state index in [-0.39, 0.29) is 0 Å². The Morgan fingerprint density at radius 3 is 2.88 bits per heavy atom. The van der Waals surface area contributed by atoms with Crippen molar-refractivity contribution in [2.24, 2.45) is 0 Å². The SMILES string of the molecule is CCC1(C)CN(CCC(C)SC)CCCN1. The summed E-state index contributed by atoms with van der Waals surface area (Å²) in [6.07, 6.45) is 6.05. The molecule has 1 fully saturated rings. The van der Waals surface area contributed by atoms with Crippen molar-refractivity contribution in [3.8, 4) is 0 Å². The maximum absolute atomic E-state index is 3.69. The predicted octanol–water partition coefficient (Wildman–Crippen LogP) is 2.59. The lowest BCUT2D eigenvalue weighted by atomic mass is 9.98. The average molecular weight is 244 g/mol. The largest absolute Gasteiger partial charge is 0.310 e. The monoisotopic (exact) mass is 244 g/mol. The molecule has 1 aliphatic heterocycles. The molecule has 0 saturated carbocycles. The van der Waals surface area contributed by atoms with E-state index in [1.54, 1.807) is 0 Å². The van der Waals surface area contributed by atoms with Crippen LogP contribution >= 0.6 is 11.8 Å². The average Bonchev–Trinajstić information content (AvgIpc) is 2.48. The molecule has 1 N–H and O–H groups in total. The van der Waals surface area contributed by atoms with Crippen molar-refractivity contribution >= 4 is 11.8 Å². The van der Waals surface area contributed by atoms with Crippen LogP contribution in [-0.2, 0) is 0 Å². The molecule has 0 aromatic rings. The van der Waals surface area contributed by atoms with Crippen LogP contribution < -0.4 is 5.32 Å². The Labute approximate surface area is 106 Å². The van der Waals surface area contributed by atoms with E-state index in [4.69, 9.17) is 0 Å². The summed E-state index contributed by atoms with van der Waals surface area (Å²) in [5, 5.41) is 4.49. The Kier molecular flexibility index (Phi) is 6.16. The number of thioether (sulfide) groups is 1. The zero-order chi connectivity index (χ0) is 12.0. The van der Waals surface area contributed by atoms with Crippen LogP contribution in [-0.4, -0.2) is 48.1 Å². The smallest absolute Gasteiger partial charge is 0.0277 e. The molecular formula is C13H28N2S. The van der Waals surface area contributed by atoms with Crippen molar-refractivity contribution < 1.29 is 0 Å². The van der Waals surface area contributed by atoms with Crippen molar-refractivity contribution in [2.45, 2.75) is 50.8 Å². The van der Waals surface area contributed by atoms with Crippen LogP contribution in [0.3, 0.4) is 0 Å². The van der Waals surface area contributed by atoms with Crippen LogP contribution in [0.25, 0.3) is 0 Å². The Bertz CT molecular complexity index is 198. The molecule has 2 nitrogen and oxygen atoms in total. The summed E-state index contributed by atoms with van der Waals surface area (Å²) in [5.74, 6) is 0. The van der Waals surface area contributed by atoms with Gasteiger partial charge in [-0.25, -0.2) is 0 Å². The first-order valence-corrected chi connectivity index (χ1v) is 7.88. The maximum atomic E-state index is 3.69. The molecule has 2 unspecified atom stereocenters. The van der Waals surface area contributed by atoms with Crippen LogP contribution in [0, 0.1) is 0 Å². The van der Waals surface area contributed by atoms with Crippen LogP contribution in [0.15, 0.2) is 0 Å². The van der Waals surface area contributed by atoms with Gasteiger partial charge in [-0.3, -0.25) is 0 Å². The third-order valence-corrected chi connectivity index (χ3v) is 4.85. The number of nitrogens with zero attached hydrogens (tertiary/aromatic N) is 1. The molecule has 2 atom stereocenters. The first kappa shape index (κ1) is 14.3. The molecule has 0 bridgehead atoms. The summed E-state index contributed by atoms with van der Waals surface area (Å²) < 4.78 is 0. The van der Waals surface area contributed by atoms with Crippen LogP contribution in [0.4, 0.5) is 0 Å². The molecule has 0 spiro atoms. The van der Waals surface area contributed by atoms with E-state index in [0.717, 1.165) is 5.25 Å². The summed E-state index contributed by atoms with van der Waals surface area (Å²) in [5.41, 5.74) is 0.332. The molecule has 0 radical (unpaired) electrons. The molecule has 1 saturated heterocycles. The minimum absolute atomic E-state index is 0.332. The van der Waals surface area contributed by atoms with E-state index in [2.05, 4.69) is 37.2 Å². The summed E-state index contributed by atoms with van der Waals surface area (Å²) in [6.45, 7) is 11.9. The fraction of sp³-hybridized carbons (Fsp3) is 1.00. The molecule has 0 aliphatic carbocycles. The van der Waals surface area contributed by atoms with Gasteiger partial charge in [0.2, 0.25) is 0 Å². The van der Waals surface area contributed by atoms with Crippen LogP contribution in [0.2, 0.25) is 0 Å². The second-order valence-corrected chi connectivity index (χ2v) is 6.58. The van der Waals surface area contributed by atoms with Crippen LogP contribution in [0.5, 0.6) is 0 Å². The molecule has 1 heterocycles. The Balaban J connectivity index is 2.40. The predicted molar refractivity (Wildman–Crippen MR) is 75.3 cm³/mol. The van der Waals surface area contributed by atoms with E-state index < -0.39 is 0 Å². The minimum Gasteiger partial charge on any atom is -0.310 e. The fourth-order valence-electron chi connectivity index (χ4n) is 2.23. The van der Waals surface area contributed by atoms with E-state index in [1.165, 1.54) is 45.4 Å². The Morgan fingerprint density at radius 1 is 1.50 bits per heavy atom. The van der Waals surface area contributed by atoms with E-state index in [0.29, 0.717) is 5.54 Å². The van der Waals surface area contributed by atoms with E-state index in [9.17, 15) is 0 Å². The van der Waals surface area contributed by atoms with Gasteiger partial charge in [0.1, 0.15) is 0 Å². The summed E-state index contributed by atoms with van der Waals surface area (Å²) in [6, 6.07) is 0. The summed E-state index contributed by atoms with van der Waals surface area (Å²) >= 11 is 1.98. The van der Waals surface area contributed by atoms with Gasteiger partial charge in [-0.2, -0.15) is 11.8 Å². The highest BCUT2D eigenvalue weighted by atomic mass is 32.2. The zero-order valence-corrected chi connectivity index (χ0v) is 12.2. The van der Waals surface area contributed by atoms with Crippen molar-refractivity contribution in [3.05, 3.63) is 0 Å². The van der Waals surface area contributed by atoms with Crippen molar-refractivity contribution in [1.82, 2.24) is 10.2 Å². The zero-order valence-electron chi connectivity index (χ0n) is 11.4. The molecule has 1 aliphatic rings. The number of nitrogens with one attached hydrogen (secondary N) is 1. The normalized spacial score (nSPS) is 30.0. The Morgan fingerprint density at radius 2 is 2.25 bits per heavy atom. The molecule has 0 amide bonds. The lowest BCUT2D eigenvalue weighted by molar-refractivity contribution is 0.213. The lowest BCUT2D eigenvalue weighted by Gasteiger charge is -2.33. The lowest BCUT2D eigenvalue weighted by Crippen LogP contribution is -2.48. The molecule has 3 heteroatoms. The quantitative estimate of drug-likeness (QED) is 0.800.